The van der Waals surface area contributed by atoms with Crippen molar-refractivity contribution in [2.24, 2.45) is 0 Å². The number of nitrogens with zero attached hydrogens (tertiary/aromatic N) is 1. The first kappa shape index (κ1) is 14.0. The van der Waals surface area contributed by atoms with E-state index < -0.39 is 6.10 Å². The summed E-state index contributed by atoms with van der Waals surface area (Å²) in [5.41, 5.74) is 3.75. The molecule has 0 saturated heterocycles. The Morgan fingerprint density at radius 3 is 2.14 bits per heavy atom. The van der Waals surface area contributed by atoms with Gasteiger partial charge in [-0.3, -0.25) is 4.98 Å². The quantitative estimate of drug-likeness (QED) is 0.756. The third kappa shape index (κ3) is 3.04. The minimum atomic E-state index is -0.731. The van der Waals surface area contributed by atoms with Gasteiger partial charge in [0.25, 0.3) is 0 Å². The molecule has 0 aliphatic rings. The molecule has 1 atom stereocenters. The molecular formula is C18H14BrNO. The molecule has 0 radical (unpaired) electrons. The molecule has 2 nitrogen and oxygen atoms in total. The van der Waals surface area contributed by atoms with Crippen LogP contribution in [-0.4, -0.2) is 10.1 Å². The van der Waals surface area contributed by atoms with Gasteiger partial charge >= 0.3 is 0 Å². The van der Waals surface area contributed by atoms with Crippen LogP contribution in [-0.2, 0) is 0 Å². The first-order valence-corrected chi connectivity index (χ1v) is 7.49. The SMILES string of the molecule is OC(c1ccc(-c2ccccc2)cc1)c1ncccc1Br. The Morgan fingerprint density at radius 1 is 0.810 bits per heavy atom. The van der Waals surface area contributed by atoms with Gasteiger partial charge in [-0.15, -0.1) is 0 Å². The molecule has 1 N–H and O–H groups in total. The van der Waals surface area contributed by atoms with Crippen molar-refractivity contribution in [3.8, 4) is 11.1 Å². The Morgan fingerprint density at radius 2 is 1.48 bits per heavy atom. The maximum absolute atomic E-state index is 10.4. The highest BCUT2D eigenvalue weighted by Crippen LogP contribution is 2.28. The van der Waals surface area contributed by atoms with E-state index in [1.54, 1.807) is 6.20 Å². The topological polar surface area (TPSA) is 33.1 Å². The molecule has 3 aromatic rings. The normalized spacial score (nSPS) is 12.1. The molecule has 3 rings (SSSR count). The van der Waals surface area contributed by atoms with Gasteiger partial charge in [0.15, 0.2) is 0 Å². The van der Waals surface area contributed by atoms with E-state index in [1.165, 1.54) is 0 Å². The maximum Gasteiger partial charge on any atom is 0.122 e. The van der Waals surface area contributed by atoms with E-state index in [1.807, 2.05) is 54.6 Å². The second kappa shape index (κ2) is 6.20. The number of hydrogen-bond donors (Lipinski definition) is 1. The van der Waals surface area contributed by atoms with Crippen LogP contribution in [0.1, 0.15) is 17.4 Å². The van der Waals surface area contributed by atoms with Crippen molar-refractivity contribution < 1.29 is 5.11 Å². The summed E-state index contributed by atoms with van der Waals surface area (Å²) in [6.45, 7) is 0. The molecule has 21 heavy (non-hydrogen) atoms. The highest BCUT2D eigenvalue weighted by Gasteiger charge is 2.14. The number of aromatic nitrogens is 1. The van der Waals surface area contributed by atoms with Gasteiger partial charge in [0.05, 0.1) is 5.69 Å². The number of hydrogen-bond acceptors (Lipinski definition) is 2. The Balaban J connectivity index is 1.89. The molecule has 0 amide bonds. The predicted molar refractivity (Wildman–Crippen MR) is 87.9 cm³/mol. The van der Waals surface area contributed by atoms with Crippen LogP contribution in [0.4, 0.5) is 0 Å². The van der Waals surface area contributed by atoms with Crippen LogP contribution in [0.2, 0.25) is 0 Å². The van der Waals surface area contributed by atoms with E-state index in [2.05, 4.69) is 33.0 Å². The van der Waals surface area contributed by atoms with Gasteiger partial charge in [0, 0.05) is 10.7 Å². The molecule has 0 fully saturated rings. The van der Waals surface area contributed by atoms with E-state index in [0.717, 1.165) is 21.2 Å². The minimum Gasteiger partial charge on any atom is -0.382 e. The summed E-state index contributed by atoms with van der Waals surface area (Å²) in [4.78, 5) is 4.24. The largest absolute Gasteiger partial charge is 0.382 e. The highest BCUT2D eigenvalue weighted by molar-refractivity contribution is 9.10. The van der Waals surface area contributed by atoms with Gasteiger partial charge in [0.2, 0.25) is 0 Å². The fourth-order valence-electron chi connectivity index (χ4n) is 2.25. The molecule has 1 heterocycles. The van der Waals surface area contributed by atoms with Gasteiger partial charge in [-0.25, -0.2) is 0 Å². The Bertz CT molecular complexity index is 726. The predicted octanol–water partition coefficient (Wildman–Crippen LogP) is 4.59. The monoisotopic (exact) mass is 339 g/mol. The van der Waals surface area contributed by atoms with Gasteiger partial charge in [-0.1, -0.05) is 54.6 Å². The van der Waals surface area contributed by atoms with Gasteiger partial charge in [-0.05, 0) is 44.8 Å². The van der Waals surface area contributed by atoms with Crippen LogP contribution >= 0.6 is 15.9 Å². The second-order valence-electron chi connectivity index (χ2n) is 4.76. The molecule has 2 aromatic carbocycles. The Hall–Kier alpha value is -1.97. The van der Waals surface area contributed by atoms with Gasteiger partial charge in [-0.2, -0.15) is 0 Å². The van der Waals surface area contributed by atoms with Crippen molar-refractivity contribution in [2.45, 2.75) is 6.10 Å². The zero-order valence-corrected chi connectivity index (χ0v) is 12.9. The number of pyridine rings is 1. The van der Waals surface area contributed by atoms with Crippen LogP contribution in [0.25, 0.3) is 11.1 Å². The second-order valence-corrected chi connectivity index (χ2v) is 5.62. The lowest BCUT2D eigenvalue weighted by atomic mass is 10.0. The van der Waals surface area contributed by atoms with Crippen molar-refractivity contribution >= 4 is 15.9 Å². The molecule has 0 aliphatic heterocycles. The smallest absolute Gasteiger partial charge is 0.122 e. The first-order valence-electron chi connectivity index (χ1n) is 6.69. The van der Waals surface area contributed by atoms with E-state index in [9.17, 15) is 5.11 Å². The van der Waals surface area contributed by atoms with Gasteiger partial charge < -0.3 is 5.11 Å². The van der Waals surface area contributed by atoms with Crippen molar-refractivity contribution in [3.63, 3.8) is 0 Å². The molecule has 0 bridgehead atoms. The summed E-state index contributed by atoms with van der Waals surface area (Å²) in [7, 11) is 0. The molecular weight excluding hydrogens is 326 g/mol. The zero-order valence-electron chi connectivity index (χ0n) is 11.3. The van der Waals surface area contributed by atoms with Crippen molar-refractivity contribution in [3.05, 3.63) is 88.7 Å². The number of rotatable bonds is 3. The summed E-state index contributed by atoms with van der Waals surface area (Å²) in [6, 6.07) is 21.8. The van der Waals surface area contributed by atoms with Crippen LogP contribution < -0.4 is 0 Å². The van der Waals surface area contributed by atoms with E-state index in [-0.39, 0.29) is 0 Å². The molecule has 3 heteroatoms. The van der Waals surface area contributed by atoms with E-state index >= 15 is 0 Å². The summed E-state index contributed by atoms with van der Waals surface area (Å²) < 4.78 is 0.810. The fraction of sp³-hybridized carbons (Fsp3) is 0.0556. The minimum absolute atomic E-state index is 0.630. The van der Waals surface area contributed by atoms with Gasteiger partial charge in [0.1, 0.15) is 6.10 Å². The molecule has 0 saturated carbocycles. The standard InChI is InChI=1S/C18H14BrNO/c19-16-7-4-12-20-17(16)18(21)15-10-8-14(9-11-15)13-5-2-1-3-6-13/h1-12,18,21H. The van der Waals surface area contributed by atoms with Crippen LogP contribution in [0, 0.1) is 0 Å². The first-order chi connectivity index (χ1) is 10.3. The summed E-state index contributed by atoms with van der Waals surface area (Å²) in [6.07, 6.45) is 0.951. The van der Waals surface area contributed by atoms with E-state index in [0.29, 0.717) is 5.69 Å². The average molecular weight is 340 g/mol. The molecule has 1 unspecified atom stereocenters. The van der Waals surface area contributed by atoms with Crippen molar-refractivity contribution in [1.29, 1.82) is 0 Å². The zero-order chi connectivity index (χ0) is 14.7. The number of benzene rings is 2. The third-order valence-electron chi connectivity index (χ3n) is 3.38. The van der Waals surface area contributed by atoms with Crippen molar-refractivity contribution in [1.82, 2.24) is 4.98 Å². The number of aliphatic hydroxyl groups is 1. The summed E-state index contributed by atoms with van der Waals surface area (Å²) in [5.74, 6) is 0. The van der Waals surface area contributed by atoms with Crippen molar-refractivity contribution in [2.75, 3.05) is 0 Å². The average Bonchev–Trinajstić information content (AvgIpc) is 2.56. The maximum atomic E-state index is 10.4. The fourth-order valence-corrected chi connectivity index (χ4v) is 2.72. The van der Waals surface area contributed by atoms with Crippen LogP contribution in [0.5, 0.6) is 0 Å². The lowest BCUT2D eigenvalue weighted by molar-refractivity contribution is 0.214. The van der Waals surface area contributed by atoms with Crippen LogP contribution in [0.3, 0.4) is 0 Å². The number of halogens is 1. The molecule has 0 aliphatic carbocycles. The molecule has 0 spiro atoms. The summed E-state index contributed by atoms with van der Waals surface area (Å²) in [5, 5.41) is 10.4. The van der Waals surface area contributed by atoms with Crippen LogP contribution in [0.15, 0.2) is 77.4 Å². The molecule has 104 valence electrons. The Kier molecular flexibility index (Phi) is 4.13. The molecule has 1 aromatic heterocycles. The highest BCUT2D eigenvalue weighted by atomic mass is 79.9. The third-order valence-corrected chi connectivity index (χ3v) is 4.05. The number of aliphatic hydroxyl groups excluding tert-OH is 1. The lowest BCUT2D eigenvalue weighted by Gasteiger charge is -2.12. The van der Waals surface area contributed by atoms with E-state index in [4.69, 9.17) is 0 Å². The Labute approximate surface area is 132 Å². The lowest BCUT2D eigenvalue weighted by Crippen LogP contribution is -2.03. The summed E-state index contributed by atoms with van der Waals surface area (Å²) >= 11 is 3.42.